The summed E-state index contributed by atoms with van der Waals surface area (Å²) in [7, 11) is 2.50. The van der Waals surface area contributed by atoms with Crippen molar-refractivity contribution < 1.29 is 19.1 Å². The van der Waals surface area contributed by atoms with E-state index in [1.54, 1.807) is 0 Å². The van der Waals surface area contributed by atoms with E-state index in [1.807, 2.05) is 0 Å². The second-order valence-corrected chi connectivity index (χ2v) is 3.68. The number of aromatic nitrogens is 1. The van der Waals surface area contributed by atoms with Crippen LogP contribution in [0.15, 0.2) is 0 Å². The third-order valence-electron chi connectivity index (χ3n) is 1.63. The predicted octanol–water partition coefficient (Wildman–Crippen LogP) is 0.227. The summed E-state index contributed by atoms with van der Waals surface area (Å²) in [6.45, 7) is 0. The van der Waals surface area contributed by atoms with Gasteiger partial charge < -0.3 is 15.2 Å². The zero-order chi connectivity index (χ0) is 11.4. The zero-order valence-electron chi connectivity index (χ0n) is 8.27. The first-order chi connectivity index (χ1) is 7.08. The molecule has 7 heteroatoms. The molecule has 0 spiro atoms. The van der Waals surface area contributed by atoms with Crippen LogP contribution < -0.4 is 5.73 Å². The van der Waals surface area contributed by atoms with Gasteiger partial charge in [0.15, 0.2) is 10.8 Å². The monoisotopic (exact) mass is 230 g/mol. The summed E-state index contributed by atoms with van der Waals surface area (Å²) in [6, 6.07) is 0. The number of thiazole rings is 1. The van der Waals surface area contributed by atoms with Crippen LogP contribution in [0.3, 0.4) is 0 Å². The van der Waals surface area contributed by atoms with Crippen molar-refractivity contribution in [2.24, 2.45) is 0 Å². The molecule has 6 nitrogen and oxygen atoms in total. The van der Waals surface area contributed by atoms with Gasteiger partial charge in [0.05, 0.1) is 25.5 Å². The Morgan fingerprint density at radius 1 is 1.40 bits per heavy atom. The largest absolute Gasteiger partial charge is 0.469 e. The van der Waals surface area contributed by atoms with E-state index in [4.69, 9.17) is 5.73 Å². The normalized spacial score (nSPS) is 9.73. The highest BCUT2D eigenvalue weighted by Crippen LogP contribution is 2.21. The fourth-order valence-electron chi connectivity index (χ4n) is 0.949. The molecule has 0 saturated carbocycles. The number of nitrogen functional groups attached to an aromatic ring is 1. The molecule has 82 valence electrons. The molecule has 2 N–H and O–H groups in total. The van der Waals surface area contributed by atoms with Crippen LogP contribution in [0.1, 0.15) is 15.4 Å². The number of carbonyl (C=O) groups excluding carboxylic acids is 2. The van der Waals surface area contributed by atoms with Gasteiger partial charge in [-0.05, 0) is 0 Å². The average Bonchev–Trinajstić information content (AvgIpc) is 2.58. The molecule has 0 aliphatic rings. The van der Waals surface area contributed by atoms with Crippen molar-refractivity contribution in [2.45, 2.75) is 6.42 Å². The van der Waals surface area contributed by atoms with Crippen LogP contribution in [0.5, 0.6) is 0 Å². The zero-order valence-corrected chi connectivity index (χ0v) is 9.09. The highest BCUT2D eigenvalue weighted by Gasteiger charge is 2.20. The number of anilines is 1. The second-order valence-electron chi connectivity index (χ2n) is 2.57. The van der Waals surface area contributed by atoms with Crippen molar-refractivity contribution in [2.75, 3.05) is 20.0 Å². The Balaban J connectivity index is 2.96. The Morgan fingerprint density at radius 2 is 2.07 bits per heavy atom. The number of hydrogen-bond donors (Lipinski definition) is 1. The fourth-order valence-corrected chi connectivity index (χ4v) is 1.75. The smallest absolute Gasteiger partial charge is 0.357 e. The van der Waals surface area contributed by atoms with Crippen molar-refractivity contribution in [3.8, 4) is 0 Å². The number of nitrogens with two attached hydrogens (primary N) is 1. The Morgan fingerprint density at radius 3 is 2.60 bits per heavy atom. The van der Waals surface area contributed by atoms with Crippen molar-refractivity contribution in [3.05, 3.63) is 10.6 Å². The lowest BCUT2D eigenvalue weighted by Gasteiger charge is -1.98. The summed E-state index contributed by atoms with van der Waals surface area (Å²) in [5, 5.41) is 0.217. The van der Waals surface area contributed by atoms with Crippen molar-refractivity contribution >= 4 is 28.4 Å². The predicted molar refractivity (Wildman–Crippen MR) is 53.6 cm³/mol. The van der Waals surface area contributed by atoms with E-state index in [9.17, 15) is 9.59 Å². The van der Waals surface area contributed by atoms with Gasteiger partial charge in [-0.25, -0.2) is 9.78 Å². The number of nitrogens with zero attached hydrogens (tertiary/aromatic N) is 1. The Kier molecular flexibility index (Phi) is 3.62. The topological polar surface area (TPSA) is 91.5 Å². The van der Waals surface area contributed by atoms with Gasteiger partial charge in [0.2, 0.25) is 0 Å². The molecule has 0 aliphatic carbocycles. The molecule has 1 aromatic rings. The van der Waals surface area contributed by atoms with E-state index >= 15 is 0 Å². The van der Waals surface area contributed by atoms with E-state index in [1.165, 1.54) is 14.2 Å². The van der Waals surface area contributed by atoms with Crippen LogP contribution in [-0.4, -0.2) is 31.1 Å². The molecule has 1 rings (SSSR count). The molecule has 1 aromatic heterocycles. The van der Waals surface area contributed by atoms with Gasteiger partial charge in [0.1, 0.15) is 0 Å². The van der Waals surface area contributed by atoms with Crippen molar-refractivity contribution in [3.63, 3.8) is 0 Å². The number of hydrogen-bond acceptors (Lipinski definition) is 7. The summed E-state index contributed by atoms with van der Waals surface area (Å²) in [6.07, 6.45) is -0.0319. The minimum Gasteiger partial charge on any atom is -0.469 e. The number of esters is 2. The van der Waals surface area contributed by atoms with Gasteiger partial charge >= 0.3 is 11.9 Å². The molecule has 0 unspecified atom stereocenters. The van der Waals surface area contributed by atoms with Gasteiger partial charge in [-0.1, -0.05) is 0 Å². The third kappa shape index (κ3) is 2.66. The fraction of sp³-hybridized carbons (Fsp3) is 0.375. The van der Waals surface area contributed by atoms with Crippen molar-refractivity contribution in [1.29, 1.82) is 0 Å². The SMILES string of the molecule is COC(=O)Cc1sc(N)nc1C(=O)OC. The summed E-state index contributed by atoms with van der Waals surface area (Å²) < 4.78 is 8.98. The average molecular weight is 230 g/mol. The molecular weight excluding hydrogens is 220 g/mol. The maximum absolute atomic E-state index is 11.2. The Bertz CT molecular complexity index is 388. The number of carbonyl (C=O) groups is 2. The van der Waals surface area contributed by atoms with Crippen LogP contribution in [0.25, 0.3) is 0 Å². The molecule has 0 amide bonds. The molecule has 0 saturated heterocycles. The third-order valence-corrected chi connectivity index (χ3v) is 2.51. The molecule has 0 atom stereocenters. The molecule has 15 heavy (non-hydrogen) atoms. The Labute approximate surface area is 90.0 Å². The van der Waals surface area contributed by atoms with Gasteiger partial charge in [-0.2, -0.15) is 0 Å². The summed E-state index contributed by atoms with van der Waals surface area (Å²) in [5.41, 5.74) is 5.51. The van der Waals surface area contributed by atoms with Crippen LogP contribution in [0, 0.1) is 0 Å². The highest BCUT2D eigenvalue weighted by molar-refractivity contribution is 7.15. The maximum Gasteiger partial charge on any atom is 0.357 e. The first-order valence-corrected chi connectivity index (χ1v) is 4.80. The highest BCUT2D eigenvalue weighted by atomic mass is 32.1. The molecule has 1 heterocycles. The number of methoxy groups -OCH3 is 2. The molecule has 0 fully saturated rings. The number of ether oxygens (including phenoxy) is 2. The lowest BCUT2D eigenvalue weighted by atomic mass is 10.3. The lowest BCUT2D eigenvalue weighted by molar-refractivity contribution is -0.139. The van der Waals surface area contributed by atoms with Gasteiger partial charge in [0, 0.05) is 0 Å². The summed E-state index contributed by atoms with van der Waals surface area (Å²) >= 11 is 1.07. The quantitative estimate of drug-likeness (QED) is 0.747. The molecule has 0 aliphatic heterocycles. The standard InChI is InChI=1S/C8H10N2O4S/c1-13-5(11)3-4-6(7(12)14-2)10-8(9)15-4/h3H2,1-2H3,(H2,9,10). The number of rotatable bonds is 3. The first kappa shape index (κ1) is 11.4. The minimum absolute atomic E-state index is 0.0319. The van der Waals surface area contributed by atoms with Crippen LogP contribution in [0.4, 0.5) is 5.13 Å². The second kappa shape index (κ2) is 4.74. The van der Waals surface area contributed by atoms with E-state index in [0.717, 1.165) is 11.3 Å². The molecule has 0 radical (unpaired) electrons. The molecule has 0 bridgehead atoms. The summed E-state index contributed by atoms with van der Waals surface area (Å²) in [4.78, 5) is 26.5. The maximum atomic E-state index is 11.2. The van der Waals surface area contributed by atoms with Gasteiger partial charge in [0.25, 0.3) is 0 Å². The van der Waals surface area contributed by atoms with E-state index in [0.29, 0.717) is 4.88 Å². The lowest BCUT2D eigenvalue weighted by Crippen LogP contribution is -2.09. The molecular formula is C8H10N2O4S. The van der Waals surface area contributed by atoms with Crippen LogP contribution >= 0.6 is 11.3 Å². The van der Waals surface area contributed by atoms with Gasteiger partial charge in [-0.15, -0.1) is 11.3 Å². The molecule has 0 aromatic carbocycles. The summed E-state index contributed by atoms with van der Waals surface area (Å²) in [5.74, 6) is -1.06. The van der Waals surface area contributed by atoms with Crippen LogP contribution in [-0.2, 0) is 20.7 Å². The van der Waals surface area contributed by atoms with E-state index in [2.05, 4.69) is 14.5 Å². The Hall–Kier alpha value is -1.63. The van der Waals surface area contributed by atoms with E-state index in [-0.39, 0.29) is 17.2 Å². The van der Waals surface area contributed by atoms with Crippen molar-refractivity contribution in [1.82, 2.24) is 4.98 Å². The van der Waals surface area contributed by atoms with Crippen LogP contribution in [0.2, 0.25) is 0 Å². The van der Waals surface area contributed by atoms with Gasteiger partial charge in [-0.3, -0.25) is 4.79 Å². The first-order valence-electron chi connectivity index (χ1n) is 3.98. The van der Waals surface area contributed by atoms with E-state index < -0.39 is 11.9 Å². The minimum atomic E-state index is -0.609.